The van der Waals surface area contributed by atoms with Gasteiger partial charge in [0.05, 0.1) is 20.1 Å². The predicted molar refractivity (Wildman–Crippen MR) is 82.7 cm³/mol. The van der Waals surface area contributed by atoms with E-state index < -0.39 is 0 Å². The zero-order valence-corrected chi connectivity index (χ0v) is 12.5. The molecule has 1 aromatic heterocycles. The molecular formula is C17H15NO5. The average molecular weight is 313 g/mol. The zero-order valence-electron chi connectivity index (χ0n) is 12.5. The van der Waals surface area contributed by atoms with E-state index in [1.54, 1.807) is 24.3 Å². The molecule has 0 radical (unpaired) electrons. The van der Waals surface area contributed by atoms with Crippen LogP contribution in [0.1, 0.15) is 6.42 Å². The van der Waals surface area contributed by atoms with E-state index in [0.29, 0.717) is 17.1 Å². The van der Waals surface area contributed by atoms with Crippen LogP contribution in [0.3, 0.4) is 0 Å². The first-order chi connectivity index (χ1) is 11.2. The van der Waals surface area contributed by atoms with Gasteiger partial charge in [0.25, 0.3) is 0 Å². The number of carbonyl (C=O) groups is 1. The molecule has 0 saturated heterocycles. The normalized spacial score (nSPS) is 10.5. The molecule has 0 bridgehead atoms. The van der Waals surface area contributed by atoms with Crippen LogP contribution in [0.4, 0.5) is 0 Å². The second kappa shape index (κ2) is 6.83. The first-order valence-corrected chi connectivity index (χ1v) is 7.08. The van der Waals surface area contributed by atoms with Gasteiger partial charge in [-0.15, -0.1) is 0 Å². The van der Waals surface area contributed by atoms with Gasteiger partial charge < -0.3 is 18.6 Å². The number of rotatable bonds is 6. The maximum absolute atomic E-state index is 11.0. The SMILES string of the molecule is COC(=O)CCOc1ccc(Oc2nc3ccccc3o2)cc1. The number of methoxy groups -OCH3 is 1. The van der Waals surface area contributed by atoms with Gasteiger partial charge in [0.2, 0.25) is 0 Å². The fraction of sp³-hybridized carbons (Fsp3) is 0.176. The van der Waals surface area contributed by atoms with E-state index in [0.717, 1.165) is 5.52 Å². The number of hydrogen-bond acceptors (Lipinski definition) is 6. The Kier molecular flexibility index (Phi) is 4.42. The number of carbonyl (C=O) groups excluding carboxylic acids is 1. The third-order valence-corrected chi connectivity index (χ3v) is 3.11. The minimum Gasteiger partial charge on any atom is -0.493 e. The Labute approximate surface area is 132 Å². The van der Waals surface area contributed by atoms with E-state index in [-0.39, 0.29) is 25.1 Å². The van der Waals surface area contributed by atoms with Crippen molar-refractivity contribution in [3.05, 3.63) is 48.5 Å². The minimum absolute atomic E-state index is 0.186. The standard InChI is InChI=1S/C17H15NO5/c1-20-16(19)10-11-21-12-6-8-13(9-7-12)22-17-18-14-4-2-3-5-15(14)23-17/h2-9H,10-11H2,1H3. The van der Waals surface area contributed by atoms with Crippen molar-refractivity contribution in [3.63, 3.8) is 0 Å². The number of benzene rings is 2. The lowest BCUT2D eigenvalue weighted by Crippen LogP contribution is -2.07. The molecule has 118 valence electrons. The molecule has 0 atom stereocenters. The smallest absolute Gasteiger partial charge is 0.400 e. The van der Waals surface area contributed by atoms with Crippen molar-refractivity contribution >= 4 is 17.1 Å². The first-order valence-electron chi connectivity index (χ1n) is 7.08. The summed E-state index contributed by atoms with van der Waals surface area (Å²) in [6.07, 6.45) is 0.392. The Morgan fingerprint density at radius 3 is 2.57 bits per heavy atom. The van der Waals surface area contributed by atoms with Crippen molar-refractivity contribution in [2.24, 2.45) is 0 Å². The Bertz CT molecular complexity index is 761. The summed E-state index contributed by atoms with van der Waals surface area (Å²) in [6, 6.07) is 14.4. The number of nitrogens with zero attached hydrogens (tertiary/aromatic N) is 1. The molecule has 3 rings (SSSR count). The van der Waals surface area contributed by atoms with E-state index >= 15 is 0 Å². The summed E-state index contributed by atoms with van der Waals surface area (Å²) < 4.78 is 21.0. The van der Waals surface area contributed by atoms with Crippen molar-refractivity contribution in [3.8, 4) is 17.6 Å². The Morgan fingerprint density at radius 2 is 1.83 bits per heavy atom. The quantitative estimate of drug-likeness (QED) is 0.648. The molecule has 0 spiro atoms. The van der Waals surface area contributed by atoms with E-state index in [9.17, 15) is 4.79 Å². The number of para-hydroxylation sites is 2. The highest BCUT2D eigenvalue weighted by Crippen LogP contribution is 2.26. The van der Waals surface area contributed by atoms with Gasteiger partial charge in [0.1, 0.15) is 17.0 Å². The summed E-state index contributed by atoms with van der Waals surface area (Å²) in [6.45, 7) is 0.262. The molecule has 1 heterocycles. The maximum Gasteiger partial charge on any atom is 0.400 e. The minimum atomic E-state index is -0.305. The summed E-state index contributed by atoms with van der Waals surface area (Å²) >= 11 is 0. The lowest BCUT2D eigenvalue weighted by molar-refractivity contribution is -0.141. The van der Waals surface area contributed by atoms with Crippen molar-refractivity contribution in [2.75, 3.05) is 13.7 Å². The van der Waals surface area contributed by atoms with Crippen LogP contribution in [-0.2, 0) is 9.53 Å². The van der Waals surface area contributed by atoms with Crippen molar-refractivity contribution < 1.29 is 23.4 Å². The van der Waals surface area contributed by atoms with Crippen LogP contribution >= 0.6 is 0 Å². The van der Waals surface area contributed by atoms with Gasteiger partial charge in [0, 0.05) is 0 Å². The van der Waals surface area contributed by atoms with Gasteiger partial charge >= 0.3 is 12.0 Å². The van der Waals surface area contributed by atoms with Crippen LogP contribution in [0, 0.1) is 0 Å². The third-order valence-electron chi connectivity index (χ3n) is 3.11. The summed E-state index contributed by atoms with van der Waals surface area (Å²) in [5.41, 5.74) is 1.41. The Hall–Kier alpha value is -3.02. The first kappa shape index (κ1) is 14.9. The molecule has 0 saturated carbocycles. The van der Waals surface area contributed by atoms with Crippen molar-refractivity contribution in [1.29, 1.82) is 0 Å². The van der Waals surface area contributed by atoms with Crippen LogP contribution in [0.25, 0.3) is 11.1 Å². The van der Waals surface area contributed by atoms with E-state index in [2.05, 4.69) is 9.72 Å². The molecule has 0 unspecified atom stereocenters. The maximum atomic E-state index is 11.0. The molecule has 6 nitrogen and oxygen atoms in total. The van der Waals surface area contributed by atoms with Crippen LogP contribution in [0.15, 0.2) is 52.9 Å². The molecule has 0 aliphatic carbocycles. The van der Waals surface area contributed by atoms with Crippen LogP contribution in [0.2, 0.25) is 0 Å². The molecule has 0 aliphatic heterocycles. The van der Waals surface area contributed by atoms with Crippen LogP contribution in [0.5, 0.6) is 17.6 Å². The highest BCUT2D eigenvalue weighted by Gasteiger charge is 2.07. The zero-order chi connectivity index (χ0) is 16.1. The second-order valence-electron chi connectivity index (χ2n) is 4.70. The fourth-order valence-electron chi connectivity index (χ4n) is 1.95. The molecule has 2 aromatic carbocycles. The van der Waals surface area contributed by atoms with Crippen LogP contribution < -0.4 is 9.47 Å². The van der Waals surface area contributed by atoms with Crippen molar-refractivity contribution in [1.82, 2.24) is 4.98 Å². The van der Waals surface area contributed by atoms with E-state index in [1.165, 1.54) is 7.11 Å². The molecule has 3 aromatic rings. The lowest BCUT2D eigenvalue weighted by atomic mass is 10.3. The topological polar surface area (TPSA) is 70.8 Å². The number of esters is 1. The molecule has 0 N–H and O–H groups in total. The number of fused-ring (bicyclic) bond motifs is 1. The van der Waals surface area contributed by atoms with Crippen molar-refractivity contribution in [2.45, 2.75) is 6.42 Å². The van der Waals surface area contributed by atoms with Gasteiger partial charge in [-0.1, -0.05) is 12.1 Å². The van der Waals surface area contributed by atoms with Gasteiger partial charge in [-0.3, -0.25) is 4.79 Å². The molecular weight excluding hydrogens is 298 g/mol. The summed E-state index contributed by atoms with van der Waals surface area (Å²) in [5.74, 6) is 0.914. The third kappa shape index (κ3) is 3.79. The summed E-state index contributed by atoms with van der Waals surface area (Å²) in [5, 5.41) is 0. The van der Waals surface area contributed by atoms with E-state index in [4.69, 9.17) is 13.9 Å². The number of hydrogen-bond donors (Lipinski definition) is 0. The second-order valence-corrected chi connectivity index (χ2v) is 4.70. The van der Waals surface area contributed by atoms with Gasteiger partial charge in [-0.05, 0) is 36.4 Å². The molecule has 23 heavy (non-hydrogen) atoms. The number of oxazole rings is 1. The van der Waals surface area contributed by atoms with Gasteiger partial charge in [0.15, 0.2) is 5.58 Å². The number of ether oxygens (including phenoxy) is 3. The lowest BCUT2D eigenvalue weighted by Gasteiger charge is -2.06. The summed E-state index contributed by atoms with van der Waals surface area (Å²) in [7, 11) is 1.35. The number of aromatic nitrogens is 1. The van der Waals surface area contributed by atoms with Gasteiger partial charge in [-0.2, -0.15) is 4.98 Å². The summed E-state index contributed by atoms with van der Waals surface area (Å²) in [4.78, 5) is 15.2. The van der Waals surface area contributed by atoms with Gasteiger partial charge in [-0.25, -0.2) is 0 Å². The molecule has 0 aliphatic rings. The largest absolute Gasteiger partial charge is 0.493 e. The molecule has 6 heteroatoms. The molecule has 0 fully saturated rings. The predicted octanol–water partition coefficient (Wildman–Crippen LogP) is 3.56. The Morgan fingerprint density at radius 1 is 1.09 bits per heavy atom. The Balaban J connectivity index is 1.59. The monoisotopic (exact) mass is 313 g/mol. The fourth-order valence-corrected chi connectivity index (χ4v) is 1.95. The average Bonchev–Trinajstić information content (AvgIpc) is 2.98. The molecule has 0 amide bonds. The highest BCUT2D eigenvalue weighted by molar-refractivity contribution is 5.72. The van der Waals surface area contributed by atoms with Crippen LogP contribution in [-0.4, -0.2) is 24.7 Å². The highest BCUT2D eigenvalue weighted by atomic mass is 16.6. The van der Waals surface area contributed by atoms with E-state index in [1.807, 2.05) is 24.3 Å².